The topological polar surface area (TPSA) is 108 Å². The van der Waals surface area contributed by atoms with Crippen molar-refractivity contribution >= 4 is 13.7 Å². The first-order valence-electron chi connectivity index (χ1n) is 37.0. The zero-order chi connectivity index (χ0) is 61.2. The summed E-state index contributed by atoms with van der Waals surface area (Å²) < 4.78 is 23.4. The minimum Gasteiger partial charge on any atom is -0.756 e. The van der Waals surface area contributed by atoms with Gasteiger partial charge < -0.3 is 28.8 Å². The number of hydrogen-bond donors (Lipinski definition) is 2. The molecule has 9 heteroatoms. The number of carbonyl (C=O) groups excluding carboxylic acids is 1. The number of aliphatic hydroxyl groups excluding tert-OH is 1. The van der Waals surface area contributed by atoms with Gasteiger partial charge >= 0.3 is 0 Å². The fourth-order valence-electron chi connectivity index (χ4n) is 11.2. The lowest BCUT2D eigenvalue weighted by Gasteiger charge is -2.29. The zero-order valence-corrected chi connectivity index (χ0v) is 57.8. The number of likely N-dealkylation sites (N-methyl/N-ethyl adjacent to an activating group) is 1. The molecule has 0 aromatic heterocycles. The van der Waals surface area contributed by atoms with Crippen LogP contribution in [0.3, 0.4) is 0 Å². The summed E-state index contributed by atoms with van der Waals surface area (Å²) in [5, 5.41) is 13.9. The Labute approximate surface area is 524 Å². The Hall–Kier alpha value is -1.54. The number of phosphoric ester groups is 1. The Morgan fingerprint density at radius 3 is 0.964 bits per heavy atom. The van der Waals surface area contributed by atoms with Crippen LogP contribution in [-0.4, -0.2) is 68.5 Å². The first-order chi connectivity index (χ1) is 41.0. The molecule has 8 nitrogen and oxygen atoms in total. The molecule has 0 rings (SSSR count). The number of rotatable bonds is 69. The number of unbranched alkanes of at least 4 members (excludes halogenated alkanes) is 50. The van der Waals surface area contributed by atoms with Crippen LogP contribution in [0.4, 0.5) is 0 Å². The Kier molecular flexibility index (Phi) is 64.7. The Morgan fingerprint density at radius 1 is 0.405 bits per heavy atom. The molecule has 84 heavy (non-hydrogen) atoms. The average Bonchev–Trinajstić information content (AvgIpc) is 3.56. The maximum Gasteiger partial charge on any atom is 0.268 e. The predicted octanol–water partition coefficient (Wildman–Crippen LogP) is 23.2. The molecule has 0 saturated heterocycles. The quantitative estimate of drug-likeness (QED) is 0.0272. The maximum atomic E-state index is 13.0. The van der Waals surface area contributed by atoms with E-state index in [9.17, 15) is 19.4 Å². The third kappa shape index (κ3) is 68.0. The zero-order valence-electron chi connectivity index (χ0n) is 56.9. The summed E-state index contributed by atoms with van der Waals surface area (Å²) in [7, 11) is 1.25. The van der Waals surface area contributed by atoms with E-state index in [0.29, 0.717) is 17.4 Å². The van der Waals surface area contributed by atoms with E-state index in [2.05, 4.69) is 55.6 Å². The Morgan fingerprint density at radius 2 is 0.667 bits per heavy atom. The van der Waals surface area contributed by atoms with Crippen LogP contribution in [0.1, 0.15) is 373 Å². The van der Waals surface area contributed by atoms with Crippen LogP contribution in [0.2, 0.25) is 0 Å². The highest BCUT2D eigenvalue weighted by Crippen LogP contribution is 2.38. The van der Waals surface area contributed by atoms with Gasteiger partial charge in [-0.3, -0.25) is 9.36 Å². The molecule has 0 spiro atoms. The summed E-state index contributed by atoms with van der Waals surface area (Å²) in [4.78, 5) is 25.6. The summed E-state index contributed by atoms with van der Waals surface area (Å²) >= 11 is 0. The van der Waals surface area contributed by atoms with Crippen molar-refractivity contribution in [3.63, 3.8) is 0 Å². The number of carbonyl (C=O) groups is 1. The largest absolute Gasteiger partial charge is 0.756 e. The monoisotopic (exact) mass is 1200 g/mol. The first-order valence-corrected chi connectivity index (χ1v) is 38.5. The smallest absolute Gasteiger partial charge is 0.268 e. The van der Waals surface area contributed by atoms with E-state index in [-0.39, 0.29) is 12.5 Å². The number of quaternary nitrogens is 1. The van der Waals surface area contributed by atoms with Gasteiger partial charge in [-0.25, -0.2) is 0 Å². The van der Waals surface area contributed by atoms with E-state index in [1.54, 1.807) is 6.08 Å². The van der Waals surface area contributed by atoms with Gasteiger partial charge in [0.15, 0.2) is 0 Å². The number of allylic oxidation sites excluding steroid dienone is 7. The molecule has 3 unspecified atom stereocenters. The number of aliphatic hydroxyl groups is 1. The lowest BCUT2D eigenvalue weighted by Crippen LogP contribution is -2.45. The van der Waals surface area contributed by atoms with Crippen LogP contribution in [-0.2, 0) is 18.4 Å². The molecule has 0 aliphatic carbocycles. The van der Waals surface area contributed by atoms with E-state index >= 15 is 0 Å². The normalized spacial score (nSPS) is 13.8. The average molecular weight is 1200 g/mol. The van der Waals surface area contributed by atoms with Crippen LogP contribution < -0.4 is 10.2 Å². The van der Waals surface area contributed by atoms with Gasteiger partial charge in [0.25, 0.3) is 7.82 Å². The number of nitrogens with zero attached hydrogens (tertiary/aromatic N) is 1. The standard InChI is InChI=1S/C75H145N2O6P/c1-6-8-10-12-14-16-18-20-22-24-26-28-30-31-32-33-34-35-36-37-38-39-40-41-42-43-44-45-47-49-51-53-55-57-59-61-63-65-67-69-75(79)76-73(72-83-84(80,81)82-71-70-77(3,4)5)74(78)68-66-64-62-60-58-56-54-52-50-48-46-29-27-25-23-21-19-17-15-13-11-9-7-2/h24,26,50,52,58,60,66,68,73-74,78H,6-23,25,27-49,51,53-57,59,61-65,67,69-72H2,1-5H3,(H-,76,79,80,81)/b26-24-,52-50+,60-58+,68-66+. The SMILES string of the molecule is CCCCCCCCCC/C=C\CCCCCCCCCCCCCCCCCCCCCCCCCCCCCC(=O)NC(COP(=O)([O-])OCC[N+](C)(C)C)C(O)/C=C/CC/C=C/CC/C=C/CCCCCCCCCCCCCCC. The molecule has 0 aliphatic rings. The van der Waals surface area contributed by atoms with Crippen LogP contribution in [0.15, 0.2) is 48.6 Å². The number of nitrogens with one attached hydrogen (secondary N) is 1. The van der Waals surface area contributed by atoms with Crippen molar-refractivity contribution in [1.82, 2.24) is 5.32 Å². The molecule has 2 N–H and O–H groups in total. The molecular formula is C75H145N2O6P. The number of amides is 1. The summed E-state index contributed by atoms with van der Waals surface area (Å²) in [5.74, 6) is -0.204. The van der Waals surface area contributed by atoms with Gasteiger partial charge in [0.05, 0.1) is 39.9 Å². The van der Waals surface area contributed by atoms with Crippen molar-refractivity contribution in [3.8, 4) is 0 Å². The molecule has 0 aliphatic heterocycles. The molecule has 0 aromatic rings. The highest BCUT2D eigenvalue weighted by Gasteiger charge is 2.23. The van der Waals surface area contributed by atoms with Gasteiger partial charge in [-0.05, 0) is 70.6 Å². The van der Waals surface area contributed by atoms with E-state index < -0.39 is 26.6 Å². The second-order valence-corrected chi connectivity index (χ2v) is 28.0. The van der Waals surface area contributed by atoms with Crippen molar-refractivity contribution in [2.24, 2.45) is 0 Å². The molecule has 3 atom stereocenters. The molecular weight excluding hydrogens is 1060 g/mol. The fourth-order valence-corrected chi connectivity index (χ4v) is 12.0. The number of phosphoric acid groups is 1. The van der Waals surface area contributed by atoms with Crippen LogP contribution in [0, 0.1) is 0 Å². The number of hydrogen-bond acceptors (Lipinski definition) is 6. The second-order valence-electron chi connectivity index (χ2n) is 26.6. The van der Waals surface area contributed by atoms with Crippen molar-refractivity contribution in [2.75, 3.05) is 40.9 Å². The third-order valence-corrected chi connectivity index (χ3v) is 18.0. The van der Waals surface area contributed by atoms with E-state index in [1.165, 1.54) is 308 Å². The van der Waals surface area contributed by atoms with E-state index in [4.69, 9.17) is 9.05 Å². The fraction of sp³-hybridized carbons (Fsp3) is 0.880. The molecule has 1 amide bonds. The molecule has 0 fully saturated rings. The van der Waals surface area contributed by atoms with Gasteiger partial charge in [0.1, 0.15) is 13.2 Å². The van der Waals surface area contributed by atoms with Crippen LogP contribution in [0.5, 0.6) is 0 Å². The first kappa shape index (κ1) is 82.5. The van der Waals surface area contributed by atoms with Crippen molar-refractivity contribution < 1.29 is 32.9 Å². The Balaban J connectivity index is 3.97. The minimum absolute atomic E-state index is 0.00776. The lowest BCUT2D eigenvalue weighted by atomic mass is 10.0. The summed E-state index contributed by atoms with van der Waals surface area (Å²) in [6, 6.07) is -0.910. The van der Waals surface area contributed by atoms with Crippen LogP contribution >= 0.6 is 7.82 Å². The van der Waals surface area contributed by atoms with Crippen molar-refractivity contribution in [3.05, 3.63) is 48.6 Å². The summed E-state index contributed by atoms with van der Waals surface area (Å²) in [6.07, 6.45) is 89.8. The van der Waals surface area contributed by atoms with Gasteiger partial charge in [0, 0.05) is 6.42 Å². The highest BCUT2D eigenvalue weighted by atomic mass is 31.2. The van der Waals surface area contributed by atoms with Gasteiger partial charge in [0.2, 0.25) is 5.91 Å². The van der Waals surface area contributed by atoms with Gasteiger partial charge in [-0.2, -0.15) is 0 Å². The highest BCUT2D eigenvalue weighted by molar-refractivity contribution is 7.45. The third-order valence-electron chi connectivity index (χ3n) is 17.0. The minimum atomic E-state index is -4.62. The molecule has 0 heterocycles. The van der Waals surface area contributed by atoms with Crippen LogP contribution in [0.25, 0.3) is 0 Å². The molecule has 0 aromatic carbocycles. The Bertz CT molecular complexity index is 1510. The van der Waals surface area contributed by atoms with E-state index in [1.807, 2.05) is 27.2 Å². The predicted molar refractivity (Wildman–Crippen MR) is 367 cm³/mol. The summed E-state index contributed by atoms with van der Waals surface area (Å²) in [5.41, 5.74) is 0. The van der Waals surface area contributed by atoms with Crippen molar-refractivity contribution in [2.45, 2.75) is 386 Å². The van der Waals surface area contributed by atoms with Crippen molar-refractivity contribution in [1.29, 1.82) is 0 Å². The molecule has 0 saturated carbocycles. The maximum absolute atomic E-state index is 13.0. The molecule has 0 radical (unpaired) electrons. The second kappa shape index (κ2) is 65.9. The lowest BCUT2D eigenvalue weighted by molar-refractivity contribution is -0.870. The summed E-state index contributed by atoms with van der Waals surface area (Å²) in [6.45, 7) is 4.67. The van der Waals surface area contributed by atoms with E-state index in [0.717, 1.165) is 44.9 Å². The molecule has 496 valence electrons. The van der Waals surface area contributed by atoms with Gasteiger partial charge in [-0.15, -0.1) is 0 Å². The van der Waals surface area contributed by atoms with Gasteiger partial charge in [-0.1, -0.05) is 345 Å². The molecule has 0 bridgehead atoms.